The first-order valence-electron chi connectivity index (χ1n) is 3.74. The van der Waals surface area contributed by atoms with Crippen molar-refractivity contribution in [3.63, 3.8) is 0 Å². The van der Waals surface area contributed by atoms with E-state index in [0.717, 1.165) is 11.3 Å². The smallest absolute Gasteiger partial charge is 0.123 e. The van der Waals surface area contributed by atoms with Crippen LogP contribution in [-0.4, -0.2) is 16.7 Å². The number of aryl methyl sites for hydroxylation is 1. The van der Waals surface area contributed by atoms with Crippen LogP contribution in [0.1, 0.15) is 17.3 Å². The Morgan fingerprint density at radius 2 is 2.25 bits per heavy atom. The maximum atomic E-state index is 8.80. The molecule has 5 N–H and O–H groups in total. The SMILES string of the molecule is Cc1nc(N)ccc1C(N)CO. The zero-order valence-corrected chi connectivity index (χ0v) is 6.99. The van der Waals surface area contributed by atoms with Crippen LogP contribution in [0.3, 0.4) is 0 Å². The summed E-state index contributed by atoms with van der Waals surface area (Å²) in [5.41, 5.74) is 12.7. The number of nitrogens with two attached hydrogens (primary N) is 2. The van der Waals surface area contributed by atoms with Crippen molar-refractivity contribution >= 4 is 5.82 Å². The highest BCUT2D eigenvalue weighted by Gasteiger charge is 2.07. The third-order valence-corrected chi connectivity index (χ3v) is 1.74. The van der Waals surface area contributed by atoms with Gasteiger partial charge in [-0.05, 0) is 18.6 Å². The number of aliphatic hydroxyl groups excluding tert-OH is 1. The van der Waals surface area contributed by atoms with Gasteiger partial charge in [-0.2, -0.15) is 0 Å². The van der Waals surface area contributed by atoms with Crippen LogP contribution >= 0.6 is 0 Å². The lowest BCUT2D eigenvalue weighted by molar-refractivity contribution is 0.267. The first kappa shape index (κ1) is 8.96. The lowest BCUT2D eigenvalue weighted by atomic mass is 10.1. The number of aromatic nitrogens is 1. The Bertz CT molecular complexity index is 275. The highest BCUT2D eigenvalue weighted by atomic mass is 16.3. The van der Waals surface area contributed by atoms with Crippen molar-refractivity contribution < 1.29 is 5.11 Å². The summed E-state index contributed by atoms with van der Waals surface area (Å²) in [5.74, 6) is 0.474. The fourth-order valence-corrected chi connectivity index (χ4v) is 1.08. The summed E-state index contributed by atoms with van der Waals surface area (Å²) in [7, 11) is 0. The number of hydrogen-bond acceptors (Lipinski definition) is 4. The molecule has 0 amide bonds. The summed E-state index contributed by atoms with van der Waals surface area (Å²) in [6.45, 7) is 1.74. The van der Waals surface area contributed by atoms with E-state index in [0.29, 0.717) is 5.82 Å². The Labute approximate surface area is 71.2 Å². The molecule has 1 rings (SSSR count). The van der Waals surface area contributed by atoms with Crippen molar-refractivity contribution in [2.24, 2.45) is 5.73 Å². The number of pyridine rings is 1. The van der Waals surface area contributed by atoms with E-state index in [4.69, 9.17) is 16.6 Å². The van der Waals surface area contributed by atoms with Crippen molar-refractivity contribution in [3.8, 4) is 0 Å². The zero-order chi connectivity index (χ0) is 9.14. The highest BCUT2D eigenvalue weighted by Crippen LogP contribution is 2.14. The number of nitrogen functional groups attached to an aromatic ring is 1. The Balaban J connectivity index is 3.01. The third kappa shape index (κ3) is 1.72. The van der Waals surface area contributed by atoms with E-state index in [1.165, 1.54) is 0 Å². The lowest BCUT2D eigenvalue weighted by Crippen LogP contribution is -2.16. The predicted molar refractivity (Wildman–Crippen MR) is 47.4 cm³/mol. The molecule has 0 aliphatic heterocycles. The van der Waals surface area contributed by atoms with Crippen molar-refractivity contribution in [1.29, 1.82) is 0 Å². The van der Waals surface area contributed by atoms with E-state index >= 15 is 0 Å². The summed E-state index contributed by atoms with van der Waals surface area (Å²) >= 11 is 0. The van der Waals surface area contributed by atoms with Crippen molar-refractivity contribution in [2.45, 2.75) is 13.0 Å². The molecule has 0 saturated carbocycles. The molecular weight excluding hydrogens is 154 g/mol. The summed E-state index contributed by atoms with van der Waals surface area (Å²) in [4.78, 5) is 4.03. The summed E-state index contributed by atoms with van der Waals surface area (Å²) in [6, 6.07) is 3.11. The van der Waals surface area contributed by atoms with Crippen LogP contribution in [0, 0.1) is 6.92 Å². The maximum absolute atomic E-state index is 8.80. The molecule has 0 bridgehead atoms. The molecule has 0 aromatic carbocycles. The lowest BCUT2D eigenvalue weighted by Gasteiger charge is -2.10. The molecule has 12 heavy (non-hydrogen) atoms. The second-order valence-electron chi connectivity index (χ2n) is 2.70. The molecule has 0 aliphatic rings. The molecule has 0 saturated heterocycles. The second-order valence-corrected chi connectivity index (χ2v) is 2.70. The number of rotatable bonds is 2. The number of nitrogens with zero attached hydrogens (tertiary/aromatic N) is 1. The molecule has 1 atom stereocenters. The average Bonchev–Trinajstić information content (AvgIpc) is 2.03. The van der Waals surface area contributed by atoms with Gasteiger partial charge in [-0.15, -0.1) is 0 Å². The average molecular weight is 167 g/mol. The Hall–Kier alpha value is -1.13. The molecule has 1 unspecified atom stereocenters. The summed E-state index contributed by atoms with van der Waals surface area (Å²) in [5, 5.41) is 8.80. The highest BCUT2D eigenvalue weighted by molar-refractivity contribution is 5.35. The molecule has 0 radical (unpaired) electrons. The quantitative estimate of drug-likeness (QED) is 0.577. The standard InChI is InChI=1S/C8H13N3O/c1-5-6(7(9)4-12)2-3-8(10)11-5/h2-3,7,12H,4,9H2,1H3,(H2,10,11). The second kappa shape index (κ2) is 3.51. The van der Waals surface area contributed by atoms with Gasteiger partial charge in [0.2, 0.25) is 0 Å². The van der Waals surface area contributed by atoms with Gasteiger partial charge in [0.25, 0.3) is 0 Å². The van der Waals surface area contributed by atoms with E-state index in [2.05, 4.69) is 4.98 Å². The summed E-state index contributed by atoms with van der Waals surface area (Å²) < 4.78 is 0. The van der Waals surface area contributed by atoms with Crippen LogP contribution in [0.2, 0.25) is 0 Å². The van der Waals surface area contributed by atoms with Gasteiger partial charge in [-0.1, -0.05) is 6.07 Å². The number of aliphatic hydroxyl groups is 1. The van der Waals surface area contributed by atoms with E-state index in [1.807, 2.05) is 6.92 Å². The zero-order valence-electron chi connectivity index (χ0n) is 6.99. The topological polar surface area (TPSA) is 85.2 Å². The molecule has 66 valence electrons. The van der Waals surface area contributed by atoms with E-state index in [9.17, 15) is 0 Å². The molecule has 0 spiro atoms. The van der Waals surface area contributed by atoms with E-state index in [-0.39, 0.29) is 12.6 Å². The van der Waals surface area contributed by atoms with E-state index in [1.54, 1.807) is 12.1 Å². The third-order valence-electron chi connectivity index (χ3n) is 1.74. The molecule has 1 aromatic rings. The minimum atomic E-state index is -0.363. The Morgan fingerprint density at radius 3 is 2.75 bits per heavy atom. The van der Waals surface area contributed by atoms with Crippen LogP contribution in [0.5, 0.6) is 0 Å². The normalized spacial score (nSPS) is 12.9. The van der Waals surface area contributed by atoms with Gasteiger partial charge in [0, 0.05) is 5.69 Å². The summed E-state index contributed by atoms with van der Waals surface area (Å²) in [6.07, 6.45) is 0. The maximum Gasteiger partial charge on any atom is 0.123 e. The first-order valence-corrected chi connectivity index (χ1v) is 3.74. The van der Waals surface area contributed by atoms with Crippen molar-refractivity contribution in [2.75, 3.05) is 12.3 Å². The van der Waals surface area contributed by atoms with Crippen LogP contribution < -0.4 is 11.5 Å². The molecular formula is C8H13N3O. The molecule has 4 heteroatoms. The van der Waals surface area contributed by atoms with E-state index < -0.39 is 0 Å². The van der Waals surface area contributed by atoms with Gasteiger partial charge in [0.05, 0.1) is 12.6 Å². The fourth-order valence-electron chi connectivity index (χ4n) is 1.08. The number of hydrogen-bond donors (Lipinski definition) is 3. The predicted octanol–water partition coefficient (Wildman–Crippen LogP) is -0.0357. The Kier molecular flexibility index (Phi) is 2.62. The van der Waals surface area contributed by atoms with Gasteiger partial charge >= 0.3 is 0 Å². The van der Waals surface area contributed by atoms with Crippen LogP contribution in [-0.2, 0) is 0 Å². The fraction of sp³-hybridized carbons (Fsp3) is 0.375. The van der Waals surface area contributed by atoms with Gasteiger partial charge in [0.1, 0.15) is 5.82 Å². The van der Waals surface area contributed by atoms with Crippen LogP contribution in [0.15, 0.2) is 12.1 Å². The molecule has 0 aliphatic carbocycles. The van der Waals surface area contributed by atoms with Gasteiger partial charge < -0.3 is 16.6 Å². The van der Waals surface area contributed by atoms with Crippen LogP contribution in [0.25, 0.3) is 0 Å². The largest absolute Gasteiger partial charge is 0.394 e. The molecule has 0 fully saturated rings. The molecule has 1 aromatic heterocycles. The minimum Gasteiger partial charge on any atom is -0.394 e. The van der Waals surface area contributed by atoms with Crippen LogP contribution in [0.4, 0.5) is 5.82 Å². The molecule has 4 nitrogen and oxygen atoms in total. The van der Waals surface area contributed by atoms with Gasteiger partial charge in [-0.25, -0.2) is 4.98 Å². The van der Waals surface area contributed by atoms with Crippen molar-refractivity contribution in [1.82, 2.24) is 4.98 Å². The van der Waals surface area contributed by atoms with Crippen molar-refractivity contribution in [3.05, 3.63) is 23.4 Å². The van der Waals surface area contributed by atoms with Gasteiger partial charge in [-0.3, -0.25) is 0 Å². The Morgan fingerprint density at radius 1 is 1.58 bits per heavy atom. The minimum absolute atomic E-state index is 0.0769. The van der Waals surface area contributed by atoms with Gasteiger partial charge in [0.15, 0.2) is 0 Å². The number of anilines is 1. The monoisotopic (exact) mass is 167 g/mol. The molecule has 1 heterocycles. The first-order chi connectivity index (χ1) is 5.65.